The number of rotatable bonds is 34. The Kier molecular flexibility index (Phi) is 23.4. The quantitative estimate of drug-likeness (QED) is 0.0204. The molecule has 1 saturated heterocycles. The molecule has 0 radical (unpaired) electrons. The minimum atomic E-state index is -5.41. The van der Waals surface area contributed by atoms with Crippen molar-refractivity contribution in [2.45, 2.75) is 102 Å². The standard InChI is InChI=1S/C58H71N3O24S5/c1-57(23-13-35-86(65,66)67)50(60(26-28-80-3)47-20-18-42-44(55(47)57)36-40(87(68,69)70)38-48(42)89(74,75)76)14-9-6-5-7-10-15-51-58(2,24-27-82-31-32-84-34-33-83-30-29-81-4)56-45-37-41(88(71,72)73)39-49(90(77,78)79)43(45)17-19-46(56)59(51)25-12-8-11-16-54(64)85-61-52(62)21-22-53(61)63/h5-7,9-10,14-15,17-20,36-39H,8,11-13,16,21-35H2,1-4H3,(H4-,65,66,67,68,69,70,71,72,73,74,75,76,77,78,79)/p-4. The van der Waals surface area contributed by atoms with Gasteiger partial charge in [0.2, 0.25) is 5.69 Å². The maximum Gasteiger partial charge on any atom is 0.333 e. The van der Waals surface area contributed by atoms with Crippen LogP contribution in [-0.4, -0.2) is 184 Å². The minimum Gasteiger partial charge on any atom is -0.748 e. The molecule has 492 valence electrons. The number of nitrogens with zero attached hydrogens (tertiary/aromatic N) is 3. The van der Waals surface area contributed by atoms with Crippen LogP contribution in [0.15, 0.2) is 116 Å². The van der Waals surface area contributed by atoms with Gasteiger partial charge in [-0.25, -0.2) is 46.9 Å². The van der Waals surface area contributed by atoms with Crippen LogP contribution < -0.4 is 4.90 Å². The highest BCUT2D eigenvalue weighted by Crippen LogP contribution is 2.54. The van der Waals surface area contributed by atoms with Gasteiger partial charge >= 0.3 is 5.97 Å². The first-order chi connectivity index (χ1) is 42.3. The number of imide groups is 1. The molecule has 2 unspecified atom stereocenters. The van der Waals surface area contributed by atoms with Gasteiger partial charge in [0.1, 0.15) is 47.1 Å². The number of carbonyl (C=O) groups is 3. The second-order valence-corrected chi connectivity index (χ2v) is 28.6. The first-order valence-electron chi connectivity index (χ1n) is 28.2. The maximum atomic E-state index is 12.8. The molecule has 90 heavy (non-hydrogen) atoms. The number of methoxy groups -OCH3 is 2. The largest absolute Gasteiger partial charge is 0.748 e. The van der Waals surface area contributed by atoms with Gasteiger partial charge in [-0.3, -0.25) is 9.59 Å². The Bertz CT molecular complexity index is 4150. The van der Waals surface area contributed by atoms with E-state index in [4.69, 9.17) is 28.5 Å². The topological polar surface area (TPSA) is 402 Å². The summed E-state index contributed by atoms with van der Waals surface area (Å²) in [6.07, 6.45) is 11.9. The highest BCUT2D eigenvalue weighted by atomic mass is 32.2. The average Bonchev–Trinajstić information content (AvgIpc) is 1.53. The summed E-state index contributed by atoms with van der Waals surface area (Å²) in [6.45, 7) is 5.49. The summed E-state index contributed by atoms with van der Waals surface area (Å²) in [5.74, 6) is -2.90. The van der Waals surface area contributed by atoms with Gasteiger partial charge in [-0.15, -0.1) is 5.06 Å². The lowest BCUT2D eigenvalue weighted by atomic mass is 9.74. The van der Waals surface area contributed by atoms with Crippen molar-refractivity contribution in [2.24, 2.45) is 0 Å². The Morgan fingerprint density at radius 1 is 0.578 bits per heavy atom. The van der Waals surface area contributed by atoms with Gasteiger partial charge in [-0.1, -0.05) is 42.9 Å². The predicted octanol–water partition coefficient (Wildman–Crippen LogP) is 4.52. The molecule has 0 N–H and O–H groups in total. The Morgan fingerprint density at radius 2 is 1.11 bits per heavy atom. The number of ether oxygens (including phenoxy) is 5. The van der Waals surface area contributed by atoms with Gasteiger partial charge in [-0.05, 0) is 110 Å². The zero-order valence-corrected chi connectivity index (χ0v) is 53.6. The molecule has 3 heterocycles. The fourth-order valence-electron chi connectivity index (χ4n) is 11.4. The normalized spacial score (nSPS) is 19.0. The van der Waals surface area contributed by atoms with Crippen LogP contribution in [0.3, 0.4) is 0 Å². The van der Waals surface area contributed by atoms with E-state index in [0.717, 1.165) is 12.1 Å². The number of unbranched alkanes of at least 4 members (excludes halogenated alkanes) is 2. The van der Waals surface area contributed by atoms with Gasteiger partial charge in [0.25, 0.3) is 11.8 Å². The maximum absolute atomic E-state index is 12.8. The van der Waals surface area contributed by atoms with Crippen molar-refractivity contribution in [1.29, 1.82) is 0 Å². The van der Waals surface area contributed by atoms with Crippen LogP contribution in [0.4, 0.5) is 11.4 Å². The average molecular weight is 1350 g/mol. The van der Waals surface area contributed by atoms with Crippen molar-refractivity contribution in [3.05, 3.63) is 108 Å². The Balaban J connectivity index is 1.28. The van der Waals surface area contributed by atoms with Gasteiger partial charge in [0.15, 0.2) is 12.3 Å². The summed E-state index contributed by atoms with van der Waals surface area (Å²) in [5, 5.41) is -0.0548. The molecule has 4 aromatic carbocycles. The summed E-state index contributed by atoms with van der Waals surface area (Å²) in [5.41, 5.74) is -0.250. The SMILES string of the molecule is COCCOCCOCCOCCC1(C)\C(=C/C=C/C=C/C=C/C2=[N+](CCOC)c3ccc4c(S(=O)(=O)[O-])cc(S(=O)(=O)[O-])cc4c3C2(C)CCCS(=O)(=O)[O-])N(CCCCCC(=O)ON2C(=O)CCC2=O)c2ccc3c(S(=O)(=O)[O-])cc(S(=O)(=O)[O-])cc3c21. The van der Waals surface area contributed by atoms with E-state index in [-0.39, 0.29) is 118 Å². The van der Waals surface area contributed by atoms with Gasteiger partial charge in [0, 0.05) is 92.3 Å². The van der Waals surface area contributed by atoms with Crippen molar-refractivity contribution >= 4 is 107 Å². The summed E-state index contributed by atoms with van der Waals surface area (Å²) < 4.78 is 217. The highest BCUT2D eigenvalue weighted by Gasteiger charge is 2.49. The molecule has 0 spiro atoms. The monoisotopic (exact) mass is 1350 g/mol. The molecule has 0 aliphatic carbocycles. The van der Waals surface area contributed by atoms with Crippen LogP contribution in [-0.2, 0) is 104 Å². The minimum absolute atomic E-state index is 0.0261. The molecular formula is C58H67N3O24S5-4. The Hall–Kier alpha value is -6.21. The van der Waals surface area contributed by atoms with Crippen molar-refractivity contribution in [3.8, 4) is 0 Å². The van der Waals surface area contributed by atoms with Crippen molar-refractivity contribution < 1.29 is 112 Å². The van der Waals surface area contributed by atoms with E-state index >= 15 is 0 Å². The Morgan fingerprint density at radius 3 is 1.67 bits per heavy atom. The van der Waals surface area contributed by atoms with Gasteiger partial charge in [0.05, 0.1) is 74.8 Å². The zero-order valence-electron chi connectivity index (χ0n) is 49.5. The fourth-order valence-corrected chi connectivity index (χ4v) is 14.6. The van der Waals surface area contributed by atoms with Crippen molar-refractivity contribution in [2.75, 3.05) is 90.8 Å². The number of benzene rings is 4. The molecule has 3 aliphatic rings. The molecule has 32 heteroatoms. The number of allylic oxidation sites excluding steroid dienone is 8. The molecule has 7 rings (SSSR count). The Labute approximate surface area is 522 Å². The molecular weight excluding hydrogens is 1280 g/mol. The third-order valence-electron chi connectivity index (χ3n) is 15.5. The van der Waals surface area contributed by atoms with Crippen LogP contribution in [0.1, 0.15) is 82.8 Å². The lowest BCUT2D eigenvalue weighted by Gasteiger charge is -2.31. The summed E-state index contributed by atoms with van der Waals surface area (Å²) >= 11 is 0. The van der Waals surface area contributed by atoms with Crippen LogP contribution >= 0.6 is 0 Å². The summed E-state index contributed by atoms with van der Waals surface area (Å²) in [7, 11) is -23.4. The number of hydroxylamine groups is 2. The van der Waals surface area contributed by atoms with E-state index in [2.05, 4.69) is 0 Å². The number of hydrogen-bond acceptors (Lipinski definition) is 25. The molecule has 27 nitrogen and oxygen atoms in total. The van der Waals surface area contributed by atoms with E-state index in [9.17, 15) is 79.2 Å². The van der Waals surface area contributed by atoms with Gasteiger partial charge in [-0.2, -0.15) is 4.58 Å². The summed E-state index contributed by atoms with van der Waals surface area (Å²) in [6, 6.07) is 8.67. The van der Waals surface area contributed by atoms with Crippen LogP contribution in [0.2, 0.25) is 0 Å². The third-order valence-corrected chi connectivity index (χ3v) is 19.7. The van der Waals surface area contributed by atoms with Crippen LogP contribution in [0.5, 0.6) is 0 Å². The lowest BCUT2D eigenvalue weighted by Crippen LogP contribution is -2.32. The van der Waals surface area contributed by atoms with Crippen molar-refractivity contribution in [1.82, 2.24) is 5.06 Å². The number of hydrogen-bond donors (Lipinski definition) is 0. The fraction of sp³-hybridized carbons (Fsp3) is 0.448. The van der Waals surface area contributed by atoms with E-state index in [1.165, 1.54) is 25.3 Å². The molecule has 0 aromatic heterocycles. The first-order valence-corrected chi connectivity index (χ1v) is 35.4. The molecule has 3 aliphatic heterocycles. The smallest absolute Gasteiger partial charge is 0.333 e. The van der Waals surface area contributed by atoms with Crippen LogP contribution in [0.25, 0.3) is 21.5 Å². The molecule has 2 atom stereocenters. The number of carbonyl (C=O) groups excluding carboxylic acids is 3. The molecule has 2 amide bonds. The van der Waals surface area contributed by atoms with E-state index < -0.39 is 105 Å². The molecule has 0 bridgehead atoms. The number of fused-ring (bicyclic) bond motifs is 6. The highest BCUT2D eigenvalue weighted by molar-refractivity contribution is 7.87. The second kappa shape index (κ2) is 29.6. The van der Waals surface area contributed by atoms with Crippen LogP contribution in [0, 0.1) is 0 Å². The lowest BCUT2D eigenvalue weighted by molar-refractivity contribution is -0.441. The van der Waals surface area contributed by atoms with E-state index in [0.29, 0.717) is 78.2 Å². The van der Waals surface area contributed by atoms with E-state index in [1.807, 2.05) is 4.90 Å². The molecule has 0 saturated carbocycles. The molecule has 1 fully saturated rings. The second-order valence-electron chi connectivity index (χ2n) is 21.6. The molecule has 4 aromatic rings. The van der Waals surface area contributed by atoms with Gasteiger partial charge < -0.3 is 56.2 Å². The van der Waals surface area contributed by atoms with E-state index in [1.54, 1.807) is 74.1 Å². The number of anilines is 1. The number of amides is 2. The summed E-state index contributed by atoms with van der Waals surface area (Å²) in [4.78, 5) is 39.9. The zero-order chi connectivity index (χ0) is 66.0. The van der Waals surface area contributed by atoms with Crippen molar-refractivity contribution in [3.63, 3.8) is 0 Å². The predicted molar refractivity (Wildman–Crippen MR) is 317 cm³/mol. The third kappa shape index (κ3) is 17.1. The first kappa shape index (κ1) is 71.2.